The van der Waals surface area contributed by atoms with E-state index < -0.39 is 0 Å². The Hall–Kier alpha value is -3.29. The van der Waals surface area contributed by atoms with Gasteiger partial charge in [0, 0.05) is 6.20 Å². The lowest BCUT2D eigenvalue weighted by Gasteiger charge is -2.47. The smallest absolute Gasteiger partial charge is 0.255 e. The van der Waals surface area contributed by atoms with Gasteiger partial charge in [0.2, 0.25) is 0 Å². The topological polar surface area (TPSA) is 104 Å². The van der Waals surface area contributed by atoms with Gasteiger partial charge in [-0.3, -0.25) is 4.79 Å². The number of benzene rings is 1. The zero-order chi connectivity index (χ0) is 18.6. The second kappa shape index (κ2) is 5.60. The Morgan fingerprint density at radius 2 is 2.11 bits per heavy atom. The summed E-state index contributed by atoms with van der Waals surface area (Å²) in [5.74, 6) is 1.23. The number of ether oxygens (including phenoxy) is 1. The number of nitrogens with one attached hydrogen (secondary N) is 4. The summed E-state index contributed by atoms with van der Waals surface area (Å²) in [6.07, 6.45) is 6.25. The van der Waals surface area contributed by atoms with Gasteiger partial charge in [-0.05, 0) is 43.9 Å². The van der Waals surface area contributed by atoms with Crippen LogP contribution in [0.4, 0.5) is 17.2 Å². The van der Waals surface area contributed by atoms with Gasteiger partial charge in [-0.2, -0.15) is 0 Å². The number of hydrogen-bond acceptors (Lipinski definition) is 6. The molecule has 1 spiro atoms. The number of amides is 1. The van der Waals surface area contributed by atoms with Gasteiger partial charge < -0.3 is 25.7 Å². The molecule has 8 heteroatoms. The number of H-pyrrole nitrogens is 1. The summed E-state index contributed by atoms with van der Waals surface area (Å²) >= 11 is 0. The zero-order valence-corrected chi connectivity index (χ0v) is 15.1. The number of carbonyl (C=O) groups is 1. The quantitative estimate of drug-likeness (QED) is 0.569. The van der Waals surface area contributed by atoms with Gasteiger partial charge in [-0.15, -0.1) is 0 Å². The molecule has 2 aromatic heterocycles. The van der Waals surface area contributed by atoms with Gasteiger partial charge in [0.15, 0.2) is 5.75 Å². The summed E-state index contributed by atoms with van der Waals surface area (Å²) in [6, 6.07) is 3.84. The highest BCUT2D eigenvalue weighted by Crippen LogP contribution is 2.46. The van der Waals surface area contributed by atoms with Crippen molar-refractivity contribution in [1.29, 1.82) is 0 Å². The van der Waals surface area contributed by atoms with E-state index in [1.807, 2.05) is 25.3 Å². The predicted octanol–water partition coefficient (Wildman–Crippen LogP) is 3.05. The molecule has 1 aliphatic heterocycles. The van der Waals surface area contributed by atoms with Crippen LogP contribution < -0.4 is 20.7 Å². The SMILES string of the molecule is COc1c(Nc2ncnc3[nH]ccc23)cc(C)c2c1NC1(CCC1)NC2=O. The minimum atomic E-state index is -0.356. The van der Waals surface area contributed by atoms with Gasteiger partial charge in [0.1, 0.15) is 23.5 Å². The third-order valence-corrected chi connectivity index (χ3v) is 5.44. The van der Waals surface area contributed by atoms with Crippen LogP contribution >= 0.6 is 0 Å². The fraction of sp³-hybridized carbons (Fsp3) is 0.316. The van der Waals surface area contributed by atoms with E-state index >= 15 is 0 Å². The summed E-state index contributed by atoms with van der Waals surface area (Å²) in [5, 5.41) is 10.9. The number of aromatic nitrogens is 3. The van der Waals surface area contributed by atoms with Gasteiger partial charge in [0.25, 0.3) is 5.91 Å². The number of fused-ring (bicyclic) bond motifs is 2. The van der Waals surface area contributed by atoms with E-state index in [4.69, 9.17) is 4.74 Å². The molecule has 1 fully saturated rings. The molecule has 3 aromatic rings. The largest absolute Gasteiger partial charge is 0.492 e. The first kappa shape index (κ1) is 15.9. The second-order valence-electron chi connectivity index (χ2n) is 7.13. The van der Waals surface area contributed by atoms with Crippen LogP contribution in [0.25, 0.3) is 11.0 Å². The van der Waals surface area contributed by atoms with E-state index in [0.29, 0.717) is 17.1 Å². The predicted molar refractivity (Wildman–Crippen MR) is 103 cm³/mol. The van der Waals surface area contributed by atoms with E-state index in [9.17, 15) is 4.79 Å². The average Bonchev–Trinajstić information content (AvgIpc) is 3.10. The van der Waals surface area contributed by atoms with Crippen molar-refractivity contribution in [3.05, 3.63) is 35.8 Å². The van der Waals surface area contributed by atoms with Gasteiger partial charge in [-0.25, -0.2) is 9.97 Å². The maximum absolute atomic E-state index is 12.7. The molecule has 3 heterocycles. The van der Waals surface area contributed by atoms with Crippen molar-refractivity contribution in [3.63, 3.8) is 0 Å². The minimum Gasteiger partial charge on any atom is -0.492 e. The molecule has 0 unspecified atom stereocenters. The number of rotatable bonds is 3. The highest BCUT2D eigenvalue weighted by atomic mass is 16.5. The van der Waals surface area contributed by atoms with E-state index in [1.165, 1.54) is 6.33 Å². The first-order valence-corrected chi connectivity index (χ1v) is 8.98. The van der Waals surface area contributed by atoms with Crippen LogP contribution in [0.3, 0.4) is 0 Å². The van der Waals surface area contributed by atoms with Gasteiger partial charge in [0.05, 0.1) is 29.4 Å². The third kappa shape index (κ3) is 2.33. The van der Waals surface area contributed by atoms with Crippen molar-refractivity contribution in [3.8, 4) is 5.75 Å². The Balaban J connectivity index is 1.63. The number of carbonyl (C=O) groups excluding carboxylic acids is 1. The van der Waals surface area contributed by atoms with Crippen LogP contribution in [0.5, 0.6) is 5.75 Å². The molecule has 0 radical (unpaired) electrons. The first-order chi connectivity index (χ1) is 13.1. The number of methoxy groups -OCH3 is 1. The molecule has 0 bridgehead atoms. The average molecular weight is 364 g/mol. The lowest BCUT2D eigenvalue weighted by molar-refractivity contribution is 0.0842. The number of nitrogens with zero attached hydrogens (tertiary/aromatic N) is 2. The number of hydrogen-bond donors (Lipinski definition) is 4. The third-order valence-electron chi connectivity index (χ3n) is 5.44. The summed E-state index contributed by atoms with van der Waals surface area (Å²) < 4.78 is 5.72. The van der Waals surface area contributed by atoms with Crippen molar-refractivity contribution < 1.29 is 9.53 Å². The molecule has 8 nitrogen and oxygen atoms in total. The van der Waals surface area contributed by atoms with Crippen molar-refractivity contribution in [2.45, 2.75) is 31.8 Å². The van der Waals surface area contributed by atoms with Crippen LogP contribution in [0, 0.1) is 6.92 Å². The summed E-state index contributed by atoms with van der Waals surface area (Å²) in [7, 11) is 1.61. The van der Waals surface area contributed by atoms with Crippen LogP contribution in [0.2, 0.25) is 0 Å². The Bertz CT molecular complexity index is 1070. The van der Waals surface area contributed by atoms with Crippen molar-refractivity contribution >= 4 is 34.1 Å². The molecule has 27 heavy (non-hydrogen) atoms. The van der Waals surface area contributed by atoms with Gasteiger partial charge >= 0.3 is 0 Å². The molecule has 1 amide bonds. The summed E-state index contributed by atoms with van der Waals surface area (Å²) in [5.41, 5.74) is 3.39. The van der Waals surface area contributed by atoms with E-state index in [-0.39, 0.29) is 11.6 Å². The van der Waals surface area contributed by atoms with E-state index in [0.717, 1.165) is 47.2 Å². The van der Waals surface area contributed by atoms with E-state index in [1.54, 1.807) is 7.11 Å². The fourth-order valence-electron chi connectivity index (χ4n) is 3.95. The number of aryl methyl sites for hydroxylation is 1. The molecular formula is C19H20N6O2. The van der Waals surface area contributed by atoms with E-state index in [2.05, 4.69) is 30.9 Å². The standard InChI is InChI=1S/C19H20N6O2/c1-10-8-12(23-17-11-4-7-20-16(11)21-9-22-17)15(27-2)14-13(10)18(26)25-19(24-14)5-3-6-19/h4,7-9,24H,3,5-6H2,1-2H3,(H,25,26)(H2,20,21,22,23). The lowest BCUT2D eigenvalue weighted by atomic mass is 9.82. The Morgan fingerprint density at radius 3 is 2.85 bits per heavy atom. The molecule has 1 aliphatic carbocycles. The summed E-state index contributed by atoms with van der Waals surface area (Å²) in [4.78, 5) is 24.4. The molecule has 4 N–H and O–H groups in total. The second-order valence-corrected chi connectivity index (χ2v) is 7.13. The first-order valence-electron chi connectivity index (χ1n) is 8.98. The Labute approximate surface area is 155 Å². The van der Waals surface area contributed by atoms with Crippen LogP contribution in [0.15, 0.2) is 24.7 Å². The molecule has 1 aromatic carbocycles. The van der Waals surface area contributed by atoms with Crippen LogP contribution in [0.1, 0.15) is 35.2 Å². The maximum atomic E-state index is 12.7. The highest BCUT2D eigenvalue weighted by molar-refractivity contribution is 6.07. The fourth-order valence-corrected chi connectivity index (χ4v) is 3.95. The lowest BCUT2D eigenvalue weighted by Crippen LogP contribution is -2.61. The van der Waals surface area contributed by atoms with Crippen molar-refractivity contribution in [1.82, 2.24) is 20.3 Å². The summed E-state index contributed by atoms with van der Waals surface area (Å²) in [6.45, 7) is 1.93. The molecule has 138 valence electrons. The zero-order valence-electron chi connectivity index (χ0n) is 15.1. The molecule has 5 rings (SSSR count). The van der Waals surface area contributed by atoms with Crippen LogP contribution in [-0.4, -0.2) is 33.6 Å². The monoisotopic (exact) mass is 364 g/mol. The highest BCUT2D eigenvalue weighted by Gasteiger charge is 2.44. The normalized spacial score (nSPS) is 17.0. The molecule has 1 saturated carbocycles. The minimum absolute atomic E-state index is 0.0548. The molecule has 2 aliphatic rings. The van der Waals surface area contributed by atoms with Crippen molar-refractivity contribution in [2.75, 3.05) is 17.7 Å². The Kier molecular flexibility index (Phi) is 3.30. The van der Waals surface area contributed by atoms with Crippen LogP contribution in [-0.2, 0) is 0 Å². The Morgan fingerprint density at radius 1 is 1.26 bits per heavy atom. The number of aromatic amines is 1. The molecule has 0 atom stereocenters. The van der Waals surface area contributed by atoms with Crippen molar-refractivity contribution in [2.24, 2.45) is 0 Å². The maximum Gasteiger partial charge on any atom is 0.255 e. The number of anilines is 3. The molecule has 0 saturated heterocycles. The molecular weight excluding hydrogens is 344 g/mol. The van der Waals surface area contributed by atoms with Gasteiger partial charge in [-0.1, -0.05) is 0 Å².